The van der Waals surface area contributed by atoms with Gasteiger partial charge in [-0.2, -0.15) is 0 Å². The van der Waals surface area contributed by atoms with Gasteiger partial charge in [-0.3, -0.25) is 0 Å². The molecule has 0 saturated heterocycles. The van der Waals surface area contributed by atoms with Crippen molar-refractivity contribution in [3.8, 4) is 0 Å². The van der Waals surface area contributed by atoms with Crippen LogP contribution in [0.4, 0.5) is 5.69 Å². The average Bonchev–Trinajstić information content (AvgIpc) is 2.46. The molecule has 2 aromatic rings. The molecule has 2 rings (SSSR count). The number of anilines is 1. The van der Waals surface area contributed by atoms with Gasteiger partial charge in [0.25, 0.3) is 0 Å². The zero-order chi connectivity index (χ0) is 14.4. The fourth-order valence-corrected chi connectivity index (χ4v) is 1.93. The lowest BCUT2D eigenvalue weighted by atomic mass is 10.1. The number of aromatic carboxylic acids is 1. The van der Waals surface area contributed by atoms with E-state index in [1.807, 2.05) is 18.2 Å². The Labute approximate surface area is 118 Å². The Morgan fingerprint density at radius 1 is 1.15 bits per heavy atom. The first kappa shape index (κ1) is 14.1. The molecule has 0 heterocycles. The van der Waals surface area contributed by atoms with Gasteiger partial charge in [0.1, 0.15) is 0 Å². The third-order valence-electron chi connectivity index (χ3n) is 2.93. The summed E-state index contributed by atoms with van der Waals surface area (Å²) in [7, 11) is 1.68. The lowest BCUT2D eigenvalue weighted by Gasteiger charge is -2.08. The van der Waals surface area contributed by atoms with Crippen molar-refractivity contribution in [3.63, 3.8) is 0 Å². The van der Waals surface area contributed by atoms with Crippen LogP contribution in [0, 0.1) is 0 Å². The number of carbonyl (C=O) groups is 1. The molecule has 0 radical (unpaired) electrons. The number of benzene rings is 2. The smallest absolute Gasteiger partial charge is 0.335 e. The number of hydrogen-bond donors (Lipinski definition) is 2. The highest BCUT2D eigenvalue weighted by molar-refractivity contribution is 5.87. The van der Waals surface area contributed by atoms with E-state index in [0.717, 1.165) is 16.8 Å². The minimum atomic E-state index is -0.913. The van der Waals surface area contributed by atoms with E-state index in [1.54, 1.807) is 31.4 Å². The number of ether oxygens (including phenoxy) is 1. The normalized spacial score (nSPS) is 10.2. The summed E-state index contributed by atoms with van der Waals surface area (Å²) < 4.78 is 5.11. The van der Waals surface area contributed by atoms with Gasteiger partial charge in [-0.05, 0) is 35.4 Å². The Morgan fingerprint density at radius 3 is 2.50 bits per heavy atom. The first-order valence-corrected chi connectivity index (χ1v) is 6.33. The number of rotatable bonds is 6. The van der Waals surface area contributed by atoms with E-state index in [-0.39, 0.29) is 5.56 Å². The van der Waals surface area contributed by atoms with Crippen LogP contribution in [0.2, 0.25) is 0 Å². The second-order valence-electron chi connectivity index (χ2n) is 4.49. The second kappa shape index (κ2) is 6.73. The van der Waals surface area contributed by atoms with Crippen molar-refractivity contribution < 1.29 is 14.6 Å². The van der Waals surface area contributed by atoms with Crippen LogP contribution >= 0.6 is 0 Å². The van der Waals surface area contributed by atoms with E-state index in [0.29, 0.717) is 13.2 Å². The van der Waals surface area contributed by atoms with Gasteiger partial charge in [0.05, 0.1) is 12.2 Å². The zero-order valence-corrected chi connectivity index (χ0v) is 11.3. The molecular formula is C16H17NO3. The van der Waals surface area contributed by atoms with E-state index in [4.69, 9.17) is 9.84 Å². The third-order valence-corrected chi connectivity index (χ3v) is 2.93. The van der Waals surface area contributed by atoms with Crippen LogP contribution in [0.3, 0.4) is 0 Å². The third kappa shape index (κ3) is 3.83. The Bertz CT molecular complexity index is 579. The fourth-order valence-electron chi connectivity index (χ4n) is 1.93. The van der Waals surface area contributed by atoms with Crippen LogP contribution in [0.5, 0.6) is 0 Å². The molecule has 2 N–H and O–H groups in total. The highest BCUT2D eigenvalue weighted by Crippen LogP contribution is 2.12. The van der Waals surface area contributed by atoms with Gasteiger partial charge < -0.3 is 15.2 Å². The number of hydrogen-bond acceptors (Lipinski definition) is 3. The maximum atomic E-state index is 10.8. The highest BCUT2D eigenvalue weighted by atomic mass is 16.5. The number of methoxy groups -OCH3 is 1. The van der Waals surface area contributed by atoms with Gasteiger partial charge >= 0.3 is 5.97 Å². The van der Waals surface area contributed by atoms with Crippen molar-refractivity contribution in [2.24, 2.45) is 0 Å². The largest absolute Gasteiger partial charge is 0.478 e. The van der Waals surface area contributed by atoms with Crippen LogP contribution in [-0.2, 0) is 17.9 Å². The molecule has 0 amide bonds. The lowest BCUT2D eigenvalue weighted by molar-refractivity contribution is 0.0697. The summed E-state index contributed by atoms with van der Waals surface area (Å²) in [4.78, 5) is 10.8. The van der Waals surface area contributed by atoms with Crippen molar-refractivity contribution >= 4 is 11.7 Å². The van der Waals surface area contributed by atoms with E-state index >= 15 is 0 Å². The maximum Gasteiger partial charge on any atom is 0.335 e. The maximum absolute atomic E-state index is 10.8. The predicted octanol–water partition coefficient (Wildman–Crippen LogP) is 3.14. The molecular weight excluding hydrogens is 254 g/mol. The van der Waals surface area contributed by atoms with Crippen molar-refractivity contribution in [1.82, 2.24) is 0 Å². The summed E-state index contributed by atoms with van der Waals surface area (Å²) in [5, 5.41) is 12.1. The lowest BCUT2D eigenvalue weighted by Crippen LogP contribution is -2.01. The van der Waals surface area contributed by atoms with Gasteiger partial charge in [-0.15, -0.1) is 0 Å². The predicted molar refractivity (Wildman–Crippen MR) is 77.9 cm³/mol. The highest BCUT2D eigenvalue weighted by Gasteiger charge is 2.01. The summed E-state index contributed by atoms with van der Waals surface area (Å²) in [5.41, 5.74) is 3.47. The van der Waals surface area contributed by atoms with E-state index in [9.17, 15) is 4.79 Å². The van der Waals surface area contributed by atoms with Gasteiger partial charge in [-0.1, -0.05) is 24.3 Å². The fraction of sp³-hybridized carbons (Fsp3) is 0.188. The van der Waals surface area contributed by atoms with E-state index in [1.165, 1.54) is 0 Å². The van der Waals surface area contributed by atoms with Gasteiger partial charge in [0.15, 0.2) is 0 Å². The van der Waals surface area contributed by atoms with Crippen molar-refractivity contribution in [2.45, 2.75) is 13.2 Å². The molecule has 0 aliphatic heterocycles. The first-order valence-electron chi connectivity index (χ1n) is 6.33. The Morgan fingerprint density at radius 2 is 1.85 bits per heavy atom. The van der Waals surface area contributed by atoms with Crippen LogP contribution in [-0.4, -0.2) is 18.2 Å². The van der Waals surface area contributed by atoms with Gasteiger partial charge in [0.2, 0.25) is 0 Å². The second-order valence-corrected chi connectivity index (χ2v) is 4.49. The molecule has 0 atom stereocenters. The molecule has 0 unspecified atom stereocenters. The zero-order valence-electron chi connectivity index (χ0n) is 11.3. The van der Waals surface area contributed by atoms with Crippen LogP contribution in [0.15, 0.2) is 48.5 Å². The topological polar surface area (TPSA) is 58.6 Å². The summed E-state index contributed by atoms with van der Waals surface area (Å²) >= 11 is 0. The minimum absolute atomic E-state index is 0.289. The first-order chi connectivity index (χ1) is 9.69. The van der Waals surface area contributed by atoms with Crippen LogP contribution < -0.4 is 5.32 Å². The van der Waals surface area contributed by atoms with Gasteiger partial charge in [-0.25, -0.2) is 4.79 Å². The quantitative estimate of drug-likeness (QED) is 0.847. The summed E-state index contributed by atoms with van der Waals surface area (Å²) in [6.07, 6.45) is 0. The summed E-state index contributed by atoms with van der Waals surface area (Å²) in [6.45, 7) is 1.28. The Kier molecular flexibility index (Phi) is 4.74. The average molecular weight is 271 g/mol. The molecule has 4 nitrogen and oxygen atoms in total. The molecule has 0 saturated carbocycles. The summed E-state index contributed by atoms with van der Waals surface area (Å²) in [5.74, 6) is -0.913. The molecule has 0 aromatic heterocycles. The number of carboxylic acid groups (broad SMARTS) is 1. The molecule has 0 aliphatic carbocycles. The molecule has 4 heteroatoms. The molecule has 0 fully saturated rings. The minimum Gasteiger partial charge on any atom is -0.478 e. The SMILES string of the molecule is COCc1cccc(CNc2ccc(C(=O)O)cc2)c1. The monoisotopic (exact) mass is 271 g/mol. The van der Waals surface area contributed by atoms with Crippen molar-refractivity contribution in [1.29, 1.82) is 0 Å². The van der Waals surface area contributed by atoms with Crippen LogP contribution in [0.25, 0.3) is 0 Å². The van der Waals surface area contributed by atoms with E-state index in [2.05, 4.69) is 11.4 Å². The molecule has 0 spiro atoms. The number of carboxylic acids is 1. The molecule has 0 bridgehead atoms. The molecule has 104 valence electrons. The van der Waals surface area contributed by atoms with Crippen molar-refractivity contribution in [2.75, 3.05) is 12.4 Å². The molecule has 0 aliphatic rings. The standard InChI is InChI=1S/C16H17NO3/c1-20-11-13-4-2-3-12(9-13)10-17-15-7-5-14(6-8-15)16(18)19/h2-9,17H,10-11H2,1H3,(H,18,19). The summed E-state index contributed by atoms with van der Waals surface area (Å²) in [6, 6.07) is 14.9. The van der Waals surface area contributed by atoms with Crippen molar-refractivity contribution in [3.05, 3.63) is 65.2 Å². The van der Waals surface area contributed by atoms with Gasteiger partial charge in [0, 0.05) is 19.3 Å². The van der Waals surface area contributed by atoms with E-state index < -0.39 is 5.97 Å². The van der Waals surface area contributed by atoms with Crippen LogP contribution in [0.1, 0.15) is 21.5 Å². The molecule has 2 aromatic carbocycles. The Hall–Kier alpha value is -2.33. The molecule has 20 heavy (non-hydrogen) atoms. The Balaban J connectivity index is 1.97. The number of nitrogens with one attached hydrogen (secondary N) is 1.